The molecule has 1 heterocycles. The van der Waals surface area contributed by atoms with Crippen molar-refractivity contribution in [1.82, 2.24) is 4.90 Å². The molecule has 0 radical (unpaired) electrons. The Kier molecular flexibility index (Phi) is 4.84. The van der Waals surface area contributed by atoms with Gasteiger partial charge in [-0.2, -0.15) is 13.2 Å². The summed E-state index contributed by atoms with van der Waals surface area (Å²) in [5.74, 6) is -0.217. The molecule has 3 rings (SSSR count). The second kappa shape index (κ2) is 6.90. The van der Waals surface area contributed by atoms with Gasteiger partial charge in [0, 0.05) is 18.7 Å². The fourth-order valence-corrected chi connectivity index (χ4v) is 3.47. The van der Waals surface area contributed by atoms with E-state index in [1.807, 2.05) is 25.1 Å². The van der Waals surface area contributed by atoms with E-state index >= 15 is 0 Å². The number of likely N-dealkylation sites (tertiary alicyclic amines) is 1. The van der Waals surface area contributed by atoms with Crippen LogP contribution in [0.1, 0.15) is 45.8 Å². The average Bonchev–Trinajstić information content (AvgIpc) is 2.60. The molecular weight excluding hydrogens is 327 g/mol. The second-order valence-corrected chi connectivity index (χ2v) is 6.52. The maximum atomic E-state index is 13.2. The van der Waals surface area contributed by atoms with Gasteiger partial charge >= 0.3 is 6.18 Å². The van der Waals surface area contributed by atoms with Crippen LogP contribution in [0.25, 0.3) is 0 Å². The lowest BCUT2D eigenvalue weighted by atomic mass is 9.86. The summed E-state index contributed by atoms with van der Waals surface area (Å²) in [6.45, 7) is 2.88. The number of benzene rings is 2. The van der Waals surface area contributed by atoms with Gasteiger partial charge in [-0.25, -0.2) is 0 Å². The Bertz CT molecular complexity index is 762. The lowest BCUT2D eigenvalue weighted by Gasteiger charge is -2.33. The number of carbonyl (C=O) groups is 1. The molecule has 5 heteroatoms. The monoisotopic (exact) mass is 347 g/mol. The summed E-state index contributed by atoms with van der Waals surface area (Å²) in [6, 6.07) is 13.2. The number of halogens is 3. The van der Waals surface area contributed by atoms with E-state index in [1.165, 1.54) is 6.07 Å². The first-order chi connectivity index (χ1) is 11.9. The van der Waals surface area contributed by atoms with Crippen LogP contribution in [0.3, 0.4) is 0 Å². The largest absolute Gasteiger partial charge is 0.416 e. The fourth-order valence-electron chi connectivity index (χ4n) is 3.47. The molecule has 0 spiro atoms. The van der Waals surface area contributed by atoms with Gasteiger partial charge in [-0.1, -0.05) is 35.9 Å². The number of rotatable bonds is 2. The molecule has 25 heavy (non-hydrogen) atoms. The zero-order chi connectivity index (χ0) is 18.0. The van der Waals surface area contributed by atoms with E-state index in [4.69, 9.17) is 0 Å². The third-order valence-corrected chi connectivity index (χ3v) is 4.75. The smallest absolute Gasteiger partial charge is 0.339 e. The first kappa shape index (κ1) is 17.5. The number of carbonyl (C=O) groups excluding carboxylic acids is 1. The molecule has 1 aliphatic heterocycles. The Balaban J connectivity index is 1.72. The minimum absolute atomic E-state index is 0.0498. The van der Waals surface area contributed by atoms with Crippen LogP contribution in [-0.2, 0) is 6.18 Å². The fraction of sp³-hybridized carbons (Fsp3) is 0.350. The molecular formula is C20H20F3NO. The molecule has 1 aliphatic rings. The minimum atomic E-state index is -4.34. The predicted octanol–water partition coefficient (Wildman–Crippen LogP) is 5.03. The van der Waals surface area contributed by atoms with E-state index < -0.39 is 11.7 Å². The number of nitrogens with zero attached hydrogens (tertiary/aromatic N) is 1. The average molecular weight is 347 g/mol. The molecule has 1 saturated heterocycles. The predicted molar refractivity (Wildman–Crippen MR) is 90.5 cm³/mol. The van der Waals surface area contributed by atoms with Gasteiger partial charge in [-0.3, -0.25) is 4.79 Å². The molecule has 1 fully saturated rings. The van der Waals surface area contributed by atoms with E-state index in [2.05, 4.69) is 0 Å². The maximum absolute atomic E-state index is 13.2. The topological polar surface area (TPSA) is 20.3 Å². The van der Waals surface area contributed by atoms with Crippen molar-refractivity contribution in [1.29, 1.82) is 0 Å². The molecule has 2 aromatic carbocycles. The van der Waals surface area contributed by atoms with E-state index in [-0.39, 0.29) is 11.8 Å². The van der Waals surface area contributed by atoms with Crippen LogP contribution in [0, 0.1) is 6.92 Å². The van der Waals surface area contributed by atoms with Gasteiger partial charge in [0.25, 0.3) is 5.91 Å². The van der Waals surface area contributed by atoms with E-state index in [1.54, 1.807) is 23.1 Å². The van der Waals surface area contributed by atoms with Gasteiger partial charge in [-0.15, -0.1) is 0 Å². The quantitative estimate of drug-likeness (QED) is 0.746. The van der Waals surface area contributed by atoms with Crippen LogP contribution in [0.15, 0.2) is 48.5 Å². The lowest BCUT2D eigenvalue weighted by molar-refractivity contribution is -0.138. The Morgan fingerprint density at radius 3 is 2.36 bits per heavy atom. The van der Waals surface area contributed by atoms with Crippen LogP contribution >= 0.6 is 0 Å². The highest BCUT2D eigenvalue weighted by atomic mass is 19.4. The van der Waals surface area contributed by atoms with Crippen molar-refractivity contribution < 1.29 is 18.0 Å². The maximum Gasteiger partial charge on any atom is 0.416 e. The van der Waals surface area contributed by atoms with Gasteiger partial charge in [-0.05, 0) is 49.4 Å². The number of amides is 1. The summed E-state index contributed by atoms with van der Waals surface area (Å²) >= 11 is 0. The molecule has 2 nitrogen and oxygen atoms in total. The van der Waals surface area contributed by atoms with Crippen LogP contribution in [-0.4, -0.2) is 23.9 Å². The Labute approximate surface area is 145 Å². The molecule has 0 bridgehead atoms. The summed E-state index contributed by atoms with van der Waals surface area (Å²) in [6.07, 6.45) is -3.25. The summed E-state index contributed by atoms with van der Waals surface area (Å²) in [5.41, 5.74) is 1.44. The van der Waals surface area contributed by atoms with Crippen molar-refractivity contribution in [2.75, 3.05) is 13.1 Å². The molecule has 0 saturated carbocycles. The van der Waals surface area contributed by atoms with E-state index in [9.17, 15) is 18.0 Å². The Morgan fingerprint density at radius 1 is 1.04 bits per heavy atom. The van der Waals surface area contributed by atoms with E-state index in [0.717, 1.165) is 11.6 Å². The Morgan fingerprint density at radius 2 is 1.72 bits per heavy atom. The van der Waals surface area contributed by atoms with Crippen molar-refractivity contribution in [3.05, 3.63) is 70.8 Å². The number of aryl methyl sites for hydroxylation is 1. The first-order valence-electron chi connectivity index (χ1n) is 8.38. The third kappa shape index (κ3) is 3.86. The van der Waals surface area contributed by atoms with Gasteiger partial charge in [0.1, 0.15) is 0 Å². The van der Waals surface area contributed by atoms with Gasteiger partial charge in [0.2, 0.25) is 0 Å². The molecule has 0 aliphatic carbocycles. The molecule has 2 aromatic rings. The van der Waals surface area contributed by atoms with Crippen molar-refractivity contribution >= 4 is 5.91 Å². The SMILES string of the molecule is Cc1cccc(C(=O)N2CCC(c3ccccc3C(F)(F)F)CC2)c1. The Hall–Kier alpha value is -2.30. The standard InChI is InChI=1S/C20H20F3NO/c1-14-5-4-6-16(13-14)19(25)24-11-9-15(10-12-24)17-7-2-3-8-18(17)20(21,22)23/h2-8,13,15H,9-12H2,1H3. The van der Waals surface area contributed by atoms with Crippen molar-refractivity contribution in [2.45, 2.75) is 31.9 Å². The number of hydrogen-bond acceptors (Lipinski definition) is 1. The van der Waals surface area contributed by atoms with Crippen LogP contribution < -0.4 is 0 Å². The number of piperidine rings is 1. The minimum Gasteiger partial charge on any atom is -0.339 e. The second-order valence-electron chi connectivity index (χ2n) is 6.52. The van der Waals surface area contributed by atoms with Gasteiger partial charge in [0.05, 0.1) is 5.56 Å². The zero-order valence-electron chi connectivity index (χ0n) is 14.0. The summed E-state index contributed by atoms with van der Waals surface area (Å²) in [7, 11) is 0. The molecule has 0 unspecified atom stereocenters. The van der Waals surface area contributed by atoms with Crippen molar-refractivity contribution in [3.8, 4) is 0 Å². The first-order valence-corrected chi connectivity index (χ1v) is 8.38. The highest BCUT2D eigenvalue weighted by Gasteiger charge is 2.36. The van der Waals surface area contributed by atoms with Crippen LogP contribution in [0.4, 0.5) is 13.2 Å². The van der Waals surface area contributed by atoms with Crippen molar-refractivity contribution in [3.63, 3.8) is 0 Å². The van der Waals surface area contributed by atoms with Gasteiger partial charge in [0.15, 0.2) is 0 Å². The molecule has 0 atom stereocenters. The normalized spacial score (nSPS) is 16.1. The van der Waals surface area contributed by atoms with Gasteiger partial charge < -0.3 is 4.90 Å². The summed E-state index contributed by atoms with van der Waals surface area (Å²) < 4.78 is 39.6. The van der Waals surface area contributed by atoms with Crippen molar-refractivity contribution in [2.24, 2.45) is 0 Å². The highest BCUT2D eigenvalue weighted by Crippen LogP contribution is 2.38. The van der Waals surface area contributed by atoms with Crippen LogP contribution in [0.5, 0.6) is 0 Å². The van der Waals surface area contributed by atoms with E-state index in [0.29, 0.717) is 37.1 Å². The van der Waals surface area contributed by atoms with Crippen LogP contribution in [0.2, 0.25) is 0 Å². The zero-order valence-corrected chi connectivity index (χ0v) is 14.0. The molecule has 0 N–H and O–H groups in total. The third-order valence-electron chi connectivity index (χ3n) is 4.75. The summed E-state index contributed by atoms with van der Waals surface area (Å²) in [5, 5.41) is 0. The lowest BCUT2D eigenvalue weighted by Crippen LogP contribution is -2.38. The molecule has 0 aromatic heterocycles. The molecule has 132 valence electrons. The summed E-state index contributed by atoms with van der Waals surface area (Å²) in [4.78, 5) is 14.3. The number of hydrogen-bond donors (Lipinski definition) is 0. The highest BCUT2D eigenvalue weighted by molar-refractivity contribution is 5.94. The molecule has 1 amide bonds. The number of alkyl halides is 3.